The van der Waals surface area contributed by atoms with Gasteiger partial charge in [0.1, 0.15) is 16.5 Å². The fourth-order valence-electron chi connectivity index (χ4n) is 6.09. The number of fused-ring (bicyclic) bond motifs is 1. The fourth-order valence-corrected chi connectivity index (χ4v) is 6.55. The van der Waals surface area contributed by atoms with E-state index in [-0.39, 0.29) is 12.0 Å². The van der Waals surface area contributed by atoms with E-state index >= 15 is 0 Å². The summed E-state index contributed by atoms with van der Waals surface area (Å²) >= 11 is 12.3. The zero-order chi connectivity index (χ0) is 28.6. The molecule has 5 rings (SSSR count). The normalized spacial score (nSPS) is 19.9. The minimum absolute atomic E-state index is 0.155. The van der Waals surface area contributed by atoms with Crippen LogP contribution in [-0.2, 0) is 11.2 Å². The lowest BCUT2D eigenvalue weighted by atomic mass is 9.86. The summed E-state index contributed by atoms with van der Waals surface area (Å²) in [6.45, 7) is 13.0. The number of hydrogen-bond donors (Lipinski definition) is 0. The molecule has 0 amide bonds. The van der Waals surface area contributed by atoms with Crippen LogP contribution >= 0.6 is 23.8 Å². The van der Waals surface area contributed by atoms with Crippen LogP contribution in [0.25, 0.3) is 0 Å². The molecule has 0 bridgehead atoms. The third-order valence-electron chi connectivity index (χ3n) is 8.46. The molecule has 0 aromatic heterocycles. The zero-order valence-corrected chi connectivity index (χ0v) is 25.5. The monoisotopic (exact) mass is 576 g/mol. The average molecular weight is 577 g/mol. The van der Waals surface area contributed by atoms with Crippen molar-refractivity contribution >= 4 is 34.8 Å². The molecule has 1 fully saturated rings. The molecule has 3 aromatic rings. The van der Waals surface area contributed by atoms with Gasteiger partial charge in [0.25, 0.3) is 0 Å². The molecular formula is C33H37ClN2O3S. The summed E-state index contributed by atoms with van der Waals surface area (Å²) in [6, 6.07) is 19.0. The van der Waals surface area contributed by atoms with E-state index in [1.54, 1.807) is 0 Å². The third-order valence-corrected chi connectivity index (χ3v) is 9.40. The minimum atomic E-state index is -0.577. The summed E-state index contributed by atoms with van der Waals surface area (Å²) in [4.78, 5) is 17.4. The van der Waals surface area contributed by atoms with Crippen molar-refractivity contribution in [3.8, 4) is 11.5 Å². The molecule has 0 saturated carbocycles. The van der Waals surface area contributed by atoms with Crippen molar-refractivity contribution in [3.63, 3.8) is 0 Å². The van der Waals surface area contributed by atoms with Crippen LogP contribution in [0.1, 0.15) is 59.7 Å². The number of ether oxygens (including phenoxy) is 2. The molecule has 5 nitrogen and oxygen atoms in total. The number of thiocarbonyl (C=S) groups is 1. The predicted molar refractivity (Wildman–Crippen MR) is 165 cm³/mol. The molecule has 40 heavy (non-hydrogen) atoms. The molecule has 0 aliphatic carbocycles. The summed E-state index contributed by atoms with van der Waals surface area (Å²) < 4.78 is 12.3. The SMILES string of the molecule is CC(=O)Oc1c(C)c(C)c2c(c1C)CCC(C)(C(=S)N1CCN(C(c3ccccc3)c3ccc(Cl)cc3)CC1)O2. The van der Waals surface area contributed by atoms with Crippen LogP contribution in [0.5, 0.6) is 11.5 Å². The smallest absolute Gasteiger partial charge is 0.308 e. The van der Waals surface area contributed by atoms with Gasteiger partial charge >= 0.3 is 5.97 Å². The van der Waals surface area contributed by atoms with Gasteiger partial charge in [-0.1, -0.05) is 66.3 Å². The second kappa shape index (κ2) is 11.5. The van der Waals surface area contributed by atoms with E-state index in [4.69, 9.17) is 33.3 Å². The molecular weight excluding hydrogens is 540 g/mol. The number of halogens is 1. The second-order valence-electron chi connectivity index (χ2n) is 11.1. The summed E-state index contributed by atoms with van der Waals surface area (Å²) in [7, 11) is 0. The first-order valence-electron chi connectivity index (χ1n) is 13.9. The largest absolute Gasteiger partial charge is 0.480 e. The van der Waals surface area contributed by atoms with Gasteiger partial charge in [-0.25, -0.2) is 0 Å². The van der Waals surface area contributed by atoms with E-state index < -0.39 is 5.60 Å². The molecule has 2 aliphatic rings. The maximum Gasteiger partial charge on any atom is 0.308 e. The highest BCUT2D eigenvalue weighted by Gasteiger charge is 2.41. The molecule has 210 valence electrons. The molecule has 0 N–H and O–H groups in total. The van der Waals surface area contributed by atoms with E-state index in [2.05, 4.69) is 59.2 Å². The number of piperazine rings is 1. The van der Waals surface area contributed by atoms with Gasteiger partial charge in [0.05, 0.1) is 6.04 Å². The Bertz CT molecular complexity index is 1420. The number of benzene rings is 3. The van der Waals surface area contributed by atoms with Crippen molar-refractivity contribution in [2.75, 3.05) is 26.2 Å². The molecule has 2 unspecified atom stereocenters. The van der Waals surface area contributed by atoms with E-state index in [0.717, 1.165) is 77.0 Å². The Morgan fingerprint density at radius 1 is 0.950 bits per heavy atom. The van der Waals surface area contributed by atoms with E-state index in [9.17, 15) is 4.79 Å². The van der Waals surface area contributed by atoms with Crippen molar-refractivity contribution in [1.82, 2.24) is 9.80 Å². The highest BCUT2D eigenvalue weighted by Crippen LogP contribution is 2.44. The first-order valence-corrected chi connectivity index (χ1v) is 14.7. The van der Waals surface area contributed by atoms with Crippen LogP contribution in [-0.4, -0.2) is 52.5 Å². The molecule has 2 heterocycles. The van der Waals surface area contributed by atoms with Gasteiger partial charge in [-0.05, 0) is 80.5 Å². The number of carbonyl (C=O) groups is 1. The number of hydrogen-bond acceptors (Lipinski definition) is 5. The highest BCUT2D eigenvalue weighted by molar-refractivity contribution is 7.80. The molecule has 0 radical (unpaired) electrons. The van der Waals surface area contributed by atoms with Crippen molar-refractivity contribution < 1.29 is 14.3 Å². The van der Waals surface area contributed by atoms with Crippen LogP contribution in [0.2, 0.25) is 5.02 Å². The van der Waals surface area contributed by atoms with Crippen LogP contribution in [0.15, 0.2) is 54.6 Å². The van der Waals surface area contributed by atoms with Crippen molar-refractivity contribution in [2.45, 2.75) is 59.1 Å². The average Bonchev–Trinajstić information content (AvgIpc) is 2.96. The maximum atomic E-state index is 11.7. The lowest BCUT2D eigenvalue weighted by Crippen LogP contribution is -2.57. The zero-order valence-electron chi connectivity index (χ0n) is 23.9. The Morgan fingerprint density at radius 2 is 1.57 bits per heavy atom. The summed E-state index contributed by atoms with van der Waals surface area (Å²) in [5.74, 6) is 1.23. The van der Waals surface area contributed by atoms with Gasteiger partial charge in [0.15, 0.2) is 5.60 Å². The first kappa shape index (κ1) is 28.6. The molecule has 2 aliphatic heterocycles. The topological polar surface area (TPSA) is 42.0 Å². The van der Waals surface area contributed by atoms with Crippen LogP contribution in [0.4, 0.5) is 0 Å². The number of rotatable bonds is 5. The quantitative estimate of drug-likeness (QED) is 0.185. The molecule has 0 spiro atoms. The number of nitrogens with zero attached hydrogens (tertiary/aromatic N) is 2. The Kier molecular flexibility index (Phi) is 8.23. The Hall–Kier alpha value is -2.93. The predicted octanol–water partition coefficient (Wildman–Crippen LogP) is 7.01. The lowest BCUT2D eigenvalue weighted by Gasteiger charge is -2.46. The van der Waals surface area contributed by atoms with Crippen molar-refractivity contribution in [3.05, 3.63) is 93.0 Å². The highest BCUT2D eigenvalue weighted by atomic mass is 35.5. The van der Waals surface area contributed by atoms with Gasteiger partial charge in [-0.15, -0.1) is 0 Å². The minimum Gasteiger partial charge on any atom is -0.480 e. The molecule has 1 saturated heterocycles. The van der Waals surface area contributed by atoms with Crippen molar-refractivity contribution in [1.29, 1.82) is 0 Å². The standard InChI is InChI=1S/C33H37ClN2O3S/c1-21-22(2)31-28(23(3)30(21)38-24(4)37)15-16-33(5,39-31)32(40)36-19-17-35(18-20-36)29(25-9-7-6-8-10-25)26-11-13-27(34)14-12-26/h6-14,29H,15-20H2,1-5H3. The molecule has 3 aromatic carbocycles. The van der Waals surface area contributed by atoms with Gasteiger partial charge in [-0.2, -0.15) is 0 Å². The molecule has 2 atom stereocenters. The first-order chi connectivity index (χ1) is 19.1. The van der Waals surface area contributed by atoms with Crippen LogP contribution in [0.3, 0.4) is 0 Å². The van der Waals surface area contributed by atoms with Crippen molar-refractivity contribution in [2.24, 2.45) is 0 Å². The van der Waals surface area contributed by atoms with Crippen LogP contribution < -0.4 is 9.47 Å². The van der Waals surface area contributed by atoms with E-state index in [1.807, 2.05) is 32.9 Å². The van der Waals surface area contributed by atoms with E-state index in [1.165, 1.54) is 18.1 Å². The molecule has 7 heteroatoms. The van der Waals surface area contributed by atoms with E-state index in [0.29, 0.717) is 5.75 Å². The fraction of sp³-hybridized carbons (Fsp3) is 0.394. The van der Waals surface area contributed by atoms with Gasteiger partial charge in [0, 0.05) is 43.7 Å². The van der Waals surface area contributed by atoms with Crippen LogP contribution in [0, 0.1) is 20.8 Å². The maximum absolute atomic E-state index is 11.7. The summed E-state index contributed by atoms with van der Waals surface area (Å²) in [6.07, 6.45) is 1.60. The number of carbonyl (C=O) groups excluding carboxylic acids is 1. The Morgan fingerprint density at radius 3 is 2.20 bits per heavy atom. The lowest BCUT2D eigenvalue weighted by molar-refractivity contribution is -0.132. The Labute approximate surface area is 248 Å². The van der Waals surface area contributed by atoms with Gasteiger partial charge in [-0.3, -0.25) is 9.69 Å². The summed E-state index contributed by atoms with van der Waals surface area (Å²) in [5, 5.41) is 0.747. The second-order valence-corrected chi connectivity index (χ2v) is 12.0. The van der Waals surface area contributed by atoms with Gasteiger partial charge < -0.3 is 14.4 Å². The third kappa shape index (κ3) is 5.50. The van der Waals surface area contributed by atoms with Gasteiger partial charge in [0.2, 0.25) is 0 Å². The Balaban J connectivity index is 1.33. The number of esters is 1. The summed E-state index contributed by atoms with van der Waals surface area (Å²) in [5.41, 5.74) is 5.96.